The molecule has 120 valence electrons. The Hall–Kier alpha value is -3.14. The molecule has 4 heteroatoms. The van der Waals surface area contributed by atoms with Gasteiger partial charge in [0.25, 0.3) is 5.91 Å². The van der Waals surface area contributed by atoms with Crippen molar-refractivity contribution < 1.29 is 4.79 Å². The largest absolute Gasteiger partial charge is 0.354 e. The molecular formula is C20H19N3O. The van der Waals surface area contributed by atoms with Gasteiger partial charge in [0.2, 0.25) is 0 Å². The highest BCUT2D eigenvalue weighted by atomic mass is 16.1. The first-order chi connectivity index (χ1) is 11.7. The second-order valence-corrected chi connectivity index (χ2v) is 5.63. The van der Waals surface area contributed by atoms with Crippen LogP contribution in [0.1, 0.15) is 21.5 Å². The van der Waals surface area contributed by atoms with E-state index in [1.807, 2.05) is 61.5 Å². The van der Waals surface area contributed by atoms with Gasteiger partial charge < -0.3 is 10.6 Å². The SMILES string of the molecule is Cc1cccc(Nc2cncc(C(=O)NCc3ccccc3)c2)c1. The summed E-state index contributed by atoms with van der Waals surface area (Å²) < 4.78 is 0. The summed E-state index contributed by atoms with van der Waals surface area (Å²) in [5, 5.41) is 6.18. The number of rotatable bonds is 5. The molecule has 0 unspecified atom stereocenters. The van der Waals surface area contributed by atoms with Crippen LogP contribution in [0.5, 0.6) is 0 Å². The predicted octanol–water partition coefficient (Wildman–Crippen LogP) is 4.06. The van der Waals surface area contributed by atoms with Gasteiger partial charge in [-0.3, -0.25) is 9.78 Å². The van der Waals surface area contributed by atoms with Crippen molar-refractivity contribution in [1.29, 1.82) is 0 Å². The van der Waals surface area contributed by atoms with Crippen LogP contribution in [-0.4, -0.2) is 10.9 Å². The van der Waals surface area contributed by atoms with Gasteiger partial charge in [-0.1, -0.05) is 42.5 Å². The van der Waals surface area contributed by atoms with E-state index in [-0.39, 0.29) is 5.91 Å². The number of carbonyl (C=O) groups excluding carboxylic acids is 1. The minimum Gasteiger partial charge on any atom is -0.354 e. The number of hydrogen-bond acceptors (Lipinski definition) is 3. The summed E-state index contributed by atoms with van der Waals surface area (Å²) in [4.78, 5) is 16.5. The molecule has 2 aromatic carbocycles. The Kier molecular flexibility index (Phi) is 4.87. The van der Waals surface area contributed by atoms with Crippen molar-refractivity contribution >= 4 is 17.3 Å². The zero-order chi connectivity index (χ0) is 16.8. The van der Waals surface area contributed by atoms with Gasteiger partial charge in [-0.25, -0.2) is 0 Å². The van der Waals surface area contributed by atoms with Crippen LogP contribution < -0.4 is 10.6 Å². The van der Waals surface area contributed by atoms with Gasteiger partial charge in [0, 0.05) is 18.4 Å². The number of aromatic nitrogens is 1. The molecule has 24 heavy (non-hydrogen) atoms. The highest BCUT2D eigenvalue weighted by molar-refractivity contribution is 5.94. The molecule has 3 rings (SSSR count). The number of pyridine rings is 1. The van der Waals surface area contributed by atoms with Crippen LogP contribution in [0.4, 0.5) is 11.4 Å². The zero-order valence-corrected chi connectivity index (χ0v) is 13.5. The van der Waals surface area contributed by atoms with E-state index in [0.29, 0.717) is 12.1 Å². The van der Waals surface area contributed by atoms with Crippen LogP contribution in [-0.2, 0) is 6.54 Å². The van der Waals surface area contributed by atoms with E-state index in [0.717, 1.165) is 16.9 Å². The van der Waals surface area contributed by atoms with Crippen LogP contribution in [0.15, 0.2) is 73.1 Å². The third-order valence-corrected chi connectivity index (χ3v) is 3.60. The first-order valence-corrected chi connectivity index (χ1v) is 7.81. The summed E-state index contributed by atoms with van der Waals surface area (Å²) >= 11 is 0. The lowest BCUT2D eigenvalue weighted by atomic mass is 10.2. The van der Waals surface area contributed by atoms with E-state index >= 15 is 0 Å². The smallest absolute Gasteiger partial charge is 0.253 e. The zero-order valence-electron chi connectivity index (χ0n) is 13.5. The van der Waals surface area contributed by atoms with E-state index in [9.17, 15) is 4.79 Å². The van der Waals surface area contributed by atoms with Crippen LogP contribution in [0.3, 0.4) is 0 Å². The summed E-state index contributed by atoms with van der Waals surface area (Å²) in [7, 11) is 0. The Morgan fingerprint density at radius 2 is 1.79 bits per heavy atom. The number of carbonyl (C=O) groups is 1. The monoisotopic (exact) mass is 317 g/mol. The minimum atomic E-state index is -0.140. The van der Waals surface area contributed by atoms with Gasteiger partial charge in [0.15, 0.2) is 0 Å². The van der Waals surface area contributed by atoms with E-state index in [4.69, 9.17) is 0 Å². The molecule has 0 fully saturated rings. The number of hydrogen-bond donors (Lipinski definition) is 2. The predicted molar refractivity (Wildman–Crippen MR) is 96.3 cm³/mol. The lowest BCUT2D eigenvalue weighted by Crippen LogP contribution is -2.22. The van der Waals surface area contributed by atoms with Crippen molar-refractivity contribution in [1.82, 2.24) is 10.3 Å². The van der Waals surface area contributed by atoms with Crippen molar-refractivity contribution in [3.8, 4) is 0 Å². The standard InChI is InChI=1S/C20H19N3O/c1-15-6-5-9-18(10-15)23-19-11-17(13-21-14-19)20(24)22-12-16-7-3-2-4-8-16/h2-11,13-14,23H,12H2,1H3,(H,22,24). The fraction of sp³-hybridized carbons (Fsp3) is 0.100. The molecule has 4 nitrogen and oxygen atoms in total. The molecule has 0 saturated carbocycles. The highest BCUT2D eigenvalue weighted by Crippen LogP contribution is 2.17. The second kappa shape index (κ2) is 7.42. The van der Waals surface area contributed by atoms with E-state index in [1.54, 1.807) is 18.5 Å². The molecule has 0 bridgehead atoms. The first kappa shape index (κ1) is 15.7. The minimum absolute atomic E-state index is 0.140. The summed E-state index contributed by atoms with van der Waals surface area (Å²) in [6, 6.07) is 19.7. The van der Waals surface area contributed by atoms with Gasteiger partial charge in [-0.15, -0.1) is 0 Å². The molecule has 0 radical (unpaired) electrons. The molecule has 0 saturated heterocycles. The fourth-order valence-corrected chi connectivity index (χ4v) is 2.40. The van der Waals surface area contributed by atoms with Gasteiger partial charge in [0.1, 0.15) is 0 Å². The number of nitrogens with zero attached hydrogens (tertiary/aromatic N) is 1. The Morgan fingerprint density at radius 3 is 2.58 bits per heavy atom. The third-order valence-electron chi connectivity index (χ3n) is 3.60. The first-order valence-electron chi connectivity index (χ1n) is 7.81. The lowest BCUT2D eigenvalue weighted by molar-refractivity contribution is 0.0950. The van der Waals surface area contributed by atoms with Crippen LogP contribution in [0.25, 0.3) is 0 Å². The molecule has 3 aromatic rings. The maximum absolute atomic E-state index is 12.3. The maximum atomic E-state index is 12.3. The van der Waals surface area contributed by atoms with Crippen molar-refractivity contribution in [2.45, 2.75) is 13.5 Å². The van der Waals surface area contributed by atoms with Gasteiger partial charge in [-0.2, -0.15) is 0 Å². The van der Waals surface area contributed by atoms with Gasteiger partial charge in [-0.05, 0) is 36.2 Å². The van der Waals surface area contributed by atoms with Crippen molar-refractivity contribution in [3.05, 3.63) is 89.7 Å². The molecular weight excluding hydrogens is 298 g/mol. The average molecular weight is 317 g/mol. The Morgan fingerprint density at radius 1 is 0.958 bits per heavy atom. The molecule has 0 spiro atoms. The molecule has 1 aromatic heterocycles. The molecule has 0 atom stereocenters. The summed E-state index contributed by atoms with van der Waals surface area (Å²) in [5.41, 5.74) is 4.52. The fourth-order valence-electron chi connectivity index (χ4n) is 2.40. The molecule has 1 heterocycles. The molecule has 0 aliphatic carbocycles. The van der Waals surface area contributed by atoms with Gasteiger partial charge >= 0.3 is 0 Å². The van der Waals surface area contributed by atoms with Gasteiger partial charge in [0.05, 0.1) is 17.4 Å². The Labute approximate surface area is 141 Å². The average Bonchev–Trinajstić information content (AvgIpc) is 2.61. The quantitative estimate of drug-likeness (QED) is 0.746. The molecule has 1 amide bonds. The van der Waals surface area contributed by atoms with Crippen molar-refractivity contribution in [2.75, 3.05) is 5.32 Å². The summed E-state index contributed by atoms with van der Waals surface area (Å²) in [5.74, 6) is -0.140. The van der Waals surface area contributed by atoms with Crippen molar-refractivity contribution in [2.24, 2.45) is 0 Å². The van der Waals surface area contributed by atoms with Crippen molar-refractivity contribution in [3.63, 3.8) is 0 Å². The van der Waals surface area contributed by atoms with Crippen LogP contribution in [0.2, 0.25) is 0 Å². The molecule has 0 aliphatic rings. The lowest BCUT2D eigenvalue weighted by Gasteiger charge is -2.09. The topological polar surface area (TPSA) is 54.0 Å². The van der Waals surface area contributed by atoms with Crippen LogP contribution >= 0.6 is 0 Å². The third kappa shape index (κ3) is 4.20. The van der Waals surface area contributed by atoms with E-state index in [2.05, 4.69) is 15.6 Å². The number of anilines is 2. The normalized spacial score (nSPS) is 10.2. The van der Waals surface area contributed by atoms with E-state index < -0.39 is 0 Å². The molecule has 0 aliphatic heterocycles. The second-order valence-electron chi connectivity index (χ2n) is 5.63. The highest BCUT2D eigenvalue weighted by Gasteiger charge is 2.07. The number of nitrogens with one attached hydrogen (secondary N) is 2. The maximum Gasteiger partial charge on any atom is 0.253 e. The number of aryl methyl sites for hydroxylation is 1. The molecule has 2 N–H and O–H groups in total. The van der Waals surface area contributed by atoms with Crippen LogP contribution in [0, 0.1) is 6.92 Å². The Balaban J connectivity index is 1.67. The number of amides is 1. The summed E-state index contributed by atoms with van der Waals surface area (Å²) in [6.07, 6.45) is 3.28. The number of benzene rings is 2. The van der Waals surface area contributed by atoms with E-state index in [1.165, 1.54) is 5.56 Å². The summed E-state index contributed by atoms with van der Waals surface area (Å²) in [6.45, 7) is 2.53. The Bertz CT molecular complexity index is 831.